The van der Waals surface area contributed by atoms with Crippen LogP contribution < -0.4 is 10.6 Å². The molecular weight excluding hydrogens is 459 g/mol. The minimum Gasteiger partial charge on any atom is -0.352 e. The highest BCUT2D eigenvalue weighted by Crippen LogP contribution is 2.15. The van der Waals surface area contributed by atoms with Crippen LogP contribution in [0.1, 0.15) is 17.0 Å². The zero-order valence-corrected chi connectivity index (χ0v) is 16.7. The smallest absolute Gasteiger partial charge is 0.191 e. The van der Waals surface area contributed by atoms with Gasteiger partial charge in [0.1, 0.15) is 12.2 Å². The maximum Gasteiger partial charge on any atom is 0.191 e. The molecule has 6 nitrogen and oxygen atoms in total. The van der Waals surface area contributed by atoms with Gasteiger partial charge in [-0.3, -0.25) is 9.67 Å². The monoisotopic (exact) mass is 478 g/mol. The molecule has 2 aromatic rings. The van der Waals surface area contributed by atoms with Crippen molar-refractivity contribution in [2.24, 2.45) is 12.0 Å². The summed E-state index contributed by atoms with van der Waals surface area (Å²) < 4.78 is 2.83. The molecule has 0 aliphatic carbocycles. The van der Waals surface area contributed by atoms with Crippen molar-refractivity contribution in [2.45, 2.75) is 20.0 Å². The standard InChI is InChI=1S/C14H19BrN6.HI/c1-10-6-12(15)5-4-11(10)7-17-14(16-2)18-8-13-19-9-20-21(13)3;/h4-6,9H,7-8H2,1-3H3,(H2,16,17,18);1H. The number of nitrogens with one attached hydrogen (secondary N) is 2. The third kappa shape index (κ3) is 5.24. The summed E-state index contributed by atoms with van der Waals surface area (Å²) in [6, 6.07) is 6.24. The number of aryl methyl sites for hydroxylation is 2. The number of hydrogen-bond acceptors (Lipinski definition) is 3. The molecule has 2 rings (SSSR count). The average Bonchev–Trinajstić information content (AvgIpc) is 2.86. The van der Waals surface area contributed by atoms with Crippen molar-refractivity contribution in [2.75, 3.05) is 7.05 Å². The van der Waals surface area contributed by atoms with Gasteiger partial charge in [-0.15, -0.1) is 24.0 Å². The van der Waals surface area contributed by atoms with Crippen LogP contribution in [-0.4, -0.2) is 27.8 Å². The summed E-state index contributed by atoms with van der Waals surface area (Å²) in [5, 5.41) is 10.5. The highest BCUT2D eigenvalue weighted by atomic mass is 127. The van der Waals surface area contributed by atoms with Crippen LogP contribution in [-0.2, 0) is 20.1 Å². The zero-order valence-electron chi connectivity index (χ0n) is 12.8. The Labute approximate surface area is 156 Å². The van der Waals surface area contributed by atoms with Gasteiger partial charge in [0.25, 0.3) is 0 Å². The van der Waals surface area contributed by atoms with Gasteiger partial charge in [0.15, 0.2) is 5.96 Å². The van der Waals surface area contributed by atoms with Crippen molar-refractivity contribution in [3.8, 4) is 0 Å². The normalized spacial score (nSPS) is 11.0. The van der Waals surface area contributed by atoms with Crippen LogP contribution >= 0.6 is 39.9 Å². The van der Waals surface area contributed by atoms with E-state index in [9.17, 15) is 0 Å². The number of benzene rings is 1. The maximum atomic E-state index is 4.21. The van der Waals surface area contributed by atoms with E-state index in [4.69, 9.17) is 0 Å². The fraction of sp³-hybridized carbons (Fsp3) is 0.357. The number of aliphatic imine (C=N–C) groups is 1. The Morgan fingerprint density at radius 3 is 2.64 bits per heavy atom. The summed E-state index contributed by atoms with van der Waals surface area (Å²) in [6.45, 7) is 3.39. The van der Waals surface area contributed by atoms with Crippen LogP contribution in [0, 0.1) is 6.92 Å². The second kappa shape index (κ2) is 9.09. The Morgan fingerprint density at radius 1 is 1.32 bits per heavy atom. The number of hydrogen-bond donors (Lipinski definition) is 2. The van der Waals surface area contributed by atoms with Crippen molar-refractivity contribution < 1.29 is 0 Å². The van der Waals surface area contributed by atoms with Gasteiger partial charge in [0.05, 0.1) is 6.54 Å². The molecule has 22 heavy (non-hydrogen) atoms. The van der Waals surface area contributed by atoms with Crippen molar-refractivity contribution in [1.29, 1.82) is 0 Å². The molecule has 120 valence electrons. The minimum absolute atomic E-state index is 0. The predicted molar refractivity (Wildman–Crippen MR) is 102 cm³/mol. The van der Waals surface area contributed by atoms with E-state index in [-0.39, 0.29) is 24.0 Å². The average molecular weight is 479 g/mol. The molecule has 0 amide bonds. The second-order valence-corrected chi connectivity index (χ2v) is 5.57. The predicted octanol–water partition coefficient (Wildman–Crippen LogP) is 2.37. The summed E-state index contributed by atoms with van der Waals surface area (Å²) in [5.74, 6) is 1.60. The number of rotatable bonds is 4. The Hall–Kier alpha value is -1.16. The summed E-state index contributed by atoms with van der Waals surface area (Å²) in [7, 11) is 3.62. The van der Waals surface area contributed by atoms with E-state index in [1.807, 2.05) is 13.1 Å². The number of nitrogens with zero attached hydrogens (tertiary/aromatic N) is 4. The Kier molecular flexibility index (Phi) is 7.80. The van der Waals surface area contributed by atoms with Crippen LogP contribution in [0.2, 0.25) is 0 Å². The molecule has 1 aromatic carbocycles. The van der Waals surface area contributed by atoms with Crippen molar-refractivity contribution in [3.63, 3.8) is 0 Å². The van der Waals surface area contributed by atoms with Crippen molar-refractivity contribution in [1.82, 2.24) is 25.4 Å². The van der Waals surface area contributed by atoms with Crippen LogP contribution in [0.15, 0.2) is 34.0 Å². The van der Waals surface area contributed by atoms with Gasteiger partial charge in [-0.05, 0) is 30.2 Å². The molecule has 0 saturated heterocycles. The molecule has 1 heterocycles. The van der Waals surface area contributed by atoms with E-state index in [1.54, 1.807) is 18.1 Å². The summed E-state index contributed by atoms with van der Waals surface area (Å²) >= 11 is 3.47. The first-order valence-electron chi connectivity index (χ1n) is 6.62. The third-order valence-corrected chi connectivity index (χ3v) is 3.69. The topological polar surface area (TPSA) is 67.1 Å². The fourth-order valence-electron chi connectivity index (χ4n) is 1.90. The molecule has 0 spiro atoms. The first kappa shape index (κ1) is 18.9. The summed E-state index contributed by atoms with van der Waals surface area (Å²) in [6.07, 6.45) is 1.54. The molecule has 0 saturated carbocycles. The van der Waals surface area contributed by atoms with E-state index in [2.05, 4.69) is 60.7 Å². The van der Waals surface area contributed by atoms with E-state index in [0.717, 1.165) is 22.8 Å². The van der Waals surface area contributed by atoms with Crippen LogP contribution in [0.5, 0.6) is 0 Å². The molecule has 0 radical (unpaired) electrons. The van der Waals surface area contributed by atoms with Gasteiger partial charge in [0, 0.05) is 25.1 Å². The maximum absolute atomic E-state index is 4.21. The molecule has 0 fully saturated rings. The number of guanidine groups is 1. The molecule has 2 N–H and O–H groups in total. The Balaban J connectivity index is 0.00000242. The van der Waals surface area contributed by atoms with Gasteiger partial charge in [0.2, 0.25) is 0 Å². The van der Waals surface area contributed by atoms with Gasteiger partial charge in [-0.25, -0.2) is 4.98 Å². The minimum atomic E-state index is 0. The van der Waals surface area contributed by atoms with Crippen LogP contribution in [0.25, 0.3) is 0 Å². The van der Waals surface area contributed by atoms with Gasteiger partial charge in [-0.2, -0.15) is 5.10 Å². The lowest BCUT2D eigenvalue weighted by atomic mass is 10.1. The Morgan fingerprint density at radius 2 is 2.05 bits per heavy atom. The zero-order chi connectivity index (χ0) is 15.2. The molecule has 1 aromatic heterocycles. The quantitative estimate of drug-likeness (QED) is 0.402. The molecule has 0 atom stereocenters. The van der Waals surface area contributed by atoms with Gasteiger partial charge < -0.3 is 10.6 Å². The number of halogens is 2. The second-order valence-electron chi connectivity index (χ2n) is 4.65. The first-order valence-corrected chi connectivity index (χ1v) is 7.42. The molecular formula is C14H20BrIN6. The molecule has 0 aliphatic heterocycles. The van der Waals surface area contributed by atoms with E-state index >= 15 is 0 Å². The lowest BCUT2D eigenvalue weighted by molar-refractivity contribution is 0.672. The Bertz CT molecular complexity index is 640. The SMILES string of the molecule is CN=C(NCc1ccc(Br)cc1C)NCc1ncnn1C.I. The summed E-state index contributed by atoms with van der Waals surface area (Å²) in [5.41, 5.74) is 2.47. The van der Waals surface area contributed by atoms with Crippen LogP contribution in [0.4, 0.5) is 0 Å². The van der Waals surface area contributed by atoms with Crippen molar-refractivity contribution in [3.05, 3.63) is 46.0 Å². The highest BCUT2D eigenvalue weighted by Gasteiger charge is 2.04. The lowest BCUT2D eigenvalue weighted by Gasteiger charge is -2.13. The highest BCUT2D eigenvalue weighted by molar-refractivity contribution is 14.0. The third-order valence-electron chi connectivity index (χ3n) is 3.19. The molecule has 8 heteroatoms. The summed E-state index contributed by atoms with van der Waals surface area (Å²) in [4.78, 5) is 8.37. The fourth-order valence-corrected chi connectivity index (χ4v) is 2.38. The van der Waals surface area contributed by atoms with Gasteiger partial charge >= 0.3 is 0 Å². The molecule has 0 bridgehead atoms. The lowest BCUT2D eigenvalue weighted by Crippen LogP contribution is -2.37. The number of aromatic nitrogens is 3. The van der Waals surface area contributed by atoms with E-state index in [0.29, 0.717) is 6.54 Å². The van der Waals surface area contributed by atoms with Crippen LogP contribution in [0.3, 0.4) is 0 Å². The molecule has 0 unspecified atom stereocenters. The molecule has 0 aliphatic rings. The first-order chi connectivity index (χ1) is 10.1. The van der Waals surface area contributed by atoms with Gasteiger partial charge in [-0.1, -0.05) is 22.0 Å². The van der Waals surface area contributed by atoms with E-state index < -0.39 is 0 Å². The van der Waals surface area contributed by atoms with Crippen molar-refractivity contribution >= 4 is 45.9 Å². The van der Waals surface area contributed by atoms with E-state index in [1.165, 1.54) is 11.1 Å². The largest absolute Gasteiger partial charge is 0.352 e.